The number of aromatic nitrogens is 3. The number of hydrogen-bond donors (Lipinski definition) is 1. The third-order valence-electron chi connectivity index (χ3n) is 6.79. The maximum absolute atomic E-state index is 13.3. The summed E-state index contributed by atoms with van der Waals surface area (Å²) in [6.07, 6.45) is 0.746. The average Bonchev–Trinajstić information content (AvgIpc) is 3.38. The van der Waals surface area contributed by atoms with Crippen molar-refractivity contribution in [3.05, 3.63) is 70.6 Å². The number of hydrogen-bond acceptors (Lipinski definition) is 9. The van der Waals surface area contributed by atoms with Crippen LogP contribution in [0.25, 0.3) is 10.6 Å². The van der Waals surface area contributed by atoms with E-state index in [1.165, 1.54) is 11.3 Å². The summed E-state index contributed by atoms with van der Waals surface area (Å²) in [7, 11) is 1.64. The van der Waals surface area contributed by atoms with Gasteiger partial charge >= 0.3 is 6.18 Å². The molecule has 2 bridgehead atoms. The summed E-state index contributed by atoms with van der Waals surface area (Å²) in [6.45, 7) is 6.75. The van der Waals surface area contributed by atoms with Crippen molar-refractivity contribution in [2.24, 2.45) is 5.92 Å². The molecule has 0 aliphatic carbocycles. The van der Waals surface area contributed by atoms with E-state index in [0.29, 0.717) is 41.5 Å². The van der Waals surface area contributed by atoms with Gasteiger partial charge in [0.15, 0.2) is 5.88 Å². The van der Waals surface area contributed by atoms with Gasteiger partial charge in [0.05, 0.1) is 18.6 Å². The Morgan fingerprint density at radius 1 is 1.18 bits per heavy atom. The van der Waals surface area contributed by atoms with Crippen LogP contribution in [0.15, 0.2) is 48.7 Å². The van der Waals surface area contributed by atoms with Gasteiger partial charge in [-0.05, 0) is 39.0 Å². The summed E-state index contributed by atoms with van der Waals surface area (Å²) >= 11 is 1.49. The van der Waals surface area contributed by atoms with Crippen LogP contribution in [0.2, 0.25) is 0 Å². The molecule has 0 saturated carbocycles. The topological polar surface area (TPSA) is 98.7 Å². The van der Waals surface area contributed by atoms with Crippen molar-refractivity contribution in [3.8, 4) is 16.3 Å². The van der Waals surface area contributed by atoms with E-state index in [-0.39, 0.29) is 18.2 Å². The van der Waals surface area contributed by atoms with Crippen molar-refractivity contribution in [1.82, 2.24) is 25.2 Å². The van der Waals surface area contributed by atoms with Crippen molar-refractivity contribution >= 4 is 17.2 Å². The summed E-state index contributed by atoms with van der Waals surface area (Å²) in [5.74, 6) is -0.433. The first-order valence-corrected chi connectivity index (χ1v) is 13.4. The quantitative estimate of drug-likeness (QED) is 0.403. The van der Waals surface area contributed by atoms with Crippen molar-refractivity contribution in [1.29, 1.82) is 0 Å². The summed E-state index contributed by atoms with van der Waals surface area (Å²) in [5.41, 5.74) is 1.37. The fourth-order valence-electron chi connectivity index (χ4n) is 4.51. The minimum absolute atomic E-state index is 0.0535. The molecule has 4 atom stereocenters. The zero-order valence-corrected chi connectivity index (χ0v) is 23.0. The van der Waals surface area contributed by atoms with E-state index in [9.17, 15) is 18.0 Å². The fraction of sp³-hybridized carbons (Fsp3) is 0.407. The molecular formula is C27H28F3N5O4S. The van der Waals surface area contributed by atoms with Crippen LogP contribution < -0.4 is 10.1 Å². The third-order valence-corrected chi connectivity index (χ3v) is 7.75. The van der Waals surface area contributed by atoms with E-state index in [2.05, 4.69) is 20.3 Å². The fourth-order valence-corrected chi connectivity index (χ4v) is 5.26. The number of nitrogens with zero attached hydrogens (tertiary/aromatic N) is 4. The standard InChI is InChI=1S/C27H28F3N5O4S/c1-14-9-31-25(40-14)18-5-17(24(36)34-15(2)19-10-32-26(33-11-19)27(28,29)30)6-21(7-18)39-22-8-23-35(16(3)37-4)12-20(22)13-38-23/h5-11,15-16,20,22H,12-13H2,1-4H3,(H,34,36)/t15-,16?,20?,22?/m1/s1. The summed E-state index contributed by atoms with van der Waals surface area (Å²) in [5, 5.41) is 3.54. The second-order valence-electron chi connectivity index (χ2n) is 9.70. The Morgan fingerprint density at radius 3 is 2.52 bits per heavy atom. The molecule has 212 valence electrons. The van der Waals surface area contributed by atoms with Crippen LogP contribution in [-0.2, 0) is 15.7 Å². The number of fused-ring (bicyclic) bond motifs is 3. The highest BCUT2D eigenvalue weighted by Gasteiger charge is 2.39. The van der Waals surface area contributed by atoms with Gasteiger partial charge in [0.1, 0.15) is 23.1 Å². The molecule has 1 saturated heterocycles. The normalized spacial score (nSPS) is 20.0. The van der Waals surface area contributed by atoms with E-state index in [1.807, 2.05) is 30.9 Å². The number of benzene rings is 1. The van der Waals surface area contributed by atoms with E-state index < -0.39 is 23.9 Å². The molecule has 1 N–H and O–H groups in total. The molecule has 3 aliphatic rings. The predicted molar refractivity (Wildman–Crippen MR) is 140 cm³/mol. The molecule has 1 amide bonds. The van der Waals surface area contributed by atoms with Gasteiger partial charge in [0, 0.05) is 59.9 Å². The molecule has 0 radical (unpaired) electrons. The zero-order valence-electron chi connectivity index (χ0n) is 22.2. The Hall–Kier alpha value is -3.71. The summed E-state index contributed by atoms with van der Waals surface area (Å²) in [6, 6.07) is 4.56. The first-order valence-electron chi connectivity index (χ1n) is 12.6. The average molecular weight is 576 g/mol. The highest BCUT2D eigenvalue weighted by molar-refractivity contribution is 7.14. The van der Waals surface area contributed by atoms with Gasteiger partial charge < -0.3 is 24.4 Å². The Bertz CT molecular complexity index is 1410. The smallest absolute Gasteiger partial charge is 0.451 e. The van der Waals surface area contributed by atoms with E-state index in [0.717, 1.165) is 22.3 Å². The molecule has 3 unspecified atom stereocenters. The molecule has 3 aromatic rings. The monoisotopic (exact) mass is 575 g/mol. The number of amides is 1. The lowest BCUT2D eigenvalue weighted by Gasteiger charge is -2.45. The third kappa shape index (κ3) is 5.89. The maximum atomic E-state index is 13.3. The number of alkyl halides is 3. The molecule has 1 aromatic carbocycles. The largest absolute Gasteiger partial charge is 0.486 e. The number of thiazole rings is 1. The molecule has 1 fully saturated rings. The van der Waals surface area contributed by atoms with Gasteiger partial charge in [-0.1, -0.05) is 0 Å². The number of nitrogens with one attached hydrogen (secondary N) is 1. The Kier molecular flexibility index (Phi) is 7.69. The summed E-state index contributed by atoms with van der Waals surface area (Å²) < 4.78 is 56.2. The van der Waals surface area contributed by atoms with Crippen molar-refractivity contribution in [2.75, 3.05) is 20.3 Å². The van der Waals surface area contributed by atoms with Crippen LogP contribution in [0.3, 0.4) is 0 Å². The molecule has 5 heterocycles. The lowest BCUT2D eigenvalue weighted by Crippen LogP contribution is -2.52. The number of ether oxygens (including phenoxy) is 3. The number of rotatable bonds is 8. The van der Waals surface area contributed by atoms with Crippen molar-refractivity contribution < 1.29 is 32.2 Å². The van der Waals surface area contributed by atoms with Gasteiger partial charge in [-0.15, -0.1) is 11.3 Å². The molecule has 6 rings (SSSR count). The van der Waals surface area contributed by atoms with Crippen molar-refractivity contribution in [2.45, 2.75) is 45.3 Å². The summed E-state index contributed by atoms with van der Waals surface area (Å²) in [4.78, 5) is 27.6. The zero-order chi connectivity index (χ0) is 28.6. The van der Waals surface area contributed by atoms with Gasteiger partial charge in [0.2, 0.25) is 5.82 Å². The molecule has 0 spiro atoms. The molecule has 13 heteroatoms. The van der Waals surface area contributed by atoms with Crippen LogP contribution in [0.1, 0.15) is 46.5 Å². The SMILES string of the molecule is COC(C)N1CC2COC1=CC2Oc1cc(C(=O)N[C@H](C)c2cnc(C(F)(F)F)nc2)cc(-c2ncc(C)s2)c1. The molecule has 40 heavy (non-hydrogen) atoms. The maximum Gasteiger partial charge on any atom is 0.451 e. The van der Waals surface area contributed by atoms with Crippen molar-refractivity contribution in [3.63, 3.8) is 0 Å². The van der Waals surface area contributed by atoms with Gasteiger partial charge in [-0.25, -0.2) is 15.0 Å². The minimum atomic E-state index is -4.64. The van der Waals surface area contributed by atoms with E-state index in [1.54, 1.807) is 32.4 Å². The van der Waals surface area contributed by atoms with E-state index >= 15 is 0 Å². The Balaban J connectivity index is 1.39. The number of carbonyl (C=O) groups excluding carboxylic acids is 1. The molecule has 9 nitrogen and oxygen atoms in total. The molecule has 3 aliphatic heterocycles. The highest BCUT2D eigenvalue weighted by Crippen LogP contribution is 2.35. The number of carbonyl (C=O) groups is 1. The van der Waals surface area contributed by atoms with Gasteiger partial charge in [-0.3, -0.25) is 4.79 Å². The Morgan fingerprint density at radius 2 is 1.93 bits per heavy atom. The van der Waals surface area contributed by atoms with Crippen LogP contribution >= 0.6 is 11.3 Å². The highest BCUT2D eigenvalue weighted by atomic mass is 32.1. The lowest BCUT2D eigenvalue weighted by molar-refractivity contribution is -0.145. The number of aryl methyl sites for hydroxylation is 1. The lowest BCUT2D eigenvalue weighted by atomic mass is 9.96. The number of halogens is 3. The van der Waals surface area contributed by atoms with E-state index in [4.69, 9.17) is 14.2 Å². The van der Waals surface area contributed by atoms with Crippen LogP contribution in [0, 0.1) is 12.8 Å². The van der Waals surface area contributed by atoms with Crippen LogP contribution in [0.5, 0.6) is 5.75 Å². The minimum Gasteiger partial charge on any atom is -0.486 e. The second-order valence-corrected chi connectivity index (χ2v) is 10.9. The van der Waals surface area contributed by atoms with Gasteiger partial charge in [-0.2, -0.15) is 13.2 Å². The Labute approximate surface area is 233 Å². The molecular weight excluding hydrogens is 547 g/mol. The van der Waals surface area contributed by atoms with Crippen LogP contribution in [-0.4, -0.2) is 58.4 Å². The second kappa shape index (κ2) is 11.0. The first kappa shape index (κ1) is 27.8. The molecule has 2 aromatic heterocycles. The number of methoxy groups -OCH3 is 1. The predicted octanol–water partition coefficient (Wildman–Crippen LogP) is 4.96. The van der Waals surface area contributed by atoms with Gasteiger partial charge in [0.25, 0.3) is 5.91 Å². The first-order chi connectivity index (χ1) is 19.0. The van der Waals surface area contributed by atoms with Crippen LogP contribution in [0.4, 0.5) is 13.2 Å².